The summed E-state index contributed by atoms with van der Waals surface area (Å²) >= 11 is 0. The van der Waals surface area contributed by atoms with E-state index >= 15 is 0 Å². The van der Waals surface area contributed by atoms with Gasteiger partial charge in [0, 0.05) is 27.9 Å². The van der Waals surface area contributed by atoms with Gasteiger partial charge in [-0.2, -0.15) is 0 Å². The van der Waals surface area contributed by atoms with Crippen molar-refractivity contribution < 1.29 is 0 Å². The molecular weight excluding hydrogens is 723 g/mol. The first kappa shape index (κ1) is 34.7. The Kier molecular flexibility index (Phi) is 7.32. The van der Waals surface area contributed by atoms with Gasteiger partial charge in [0.25, 0.3) is 0 Å². The minimum absolute atomic E-state index is 0.0841. The first-order chi connectivity index (χ1) is 29.4. The van der Waals surface area contributed by atoms with Crippen molar-refractivity contribution in [3.8, 4) is 44.5 Å². The maximum Gasteiger partial charge on any atom is 0.0465 e. The van der Waals surface area contributed by atoms with Crippen molar-refractivity contribution in [3.63, 3.8) is 0 Å². The molecule has 290 valence electrons. The molecule has 0 aromatic heterocycles. The molecular formula is C59H49N. The van der Waals surface area contributed by atoms with Gasteiger partial charge in [-0.25, -0.2) is 0 Å². The molecule has 6 aliphatic carbocycles. The highest BCUT2D eigenvalue weighted by molar-refractivity contribution is 5.90. The largest absolute Gasteiger partial charge is 0.310 e. The van der Waals surface area contributed by atoms with Gasteiger partial charge in [-0.3, -0.25) is 0 Å². The number of hydrogen-bond acceptors (Lipinski definition) is 1. The van der Waals surface area contributed by atoms with E-state index in [1.807, 2.05) is 0 Å². The lowest BCUT2D eigenvalue weighted by Crippen LogP contribution is -2.55. The average Bonchev–Trinajstić information content (AvgIpc) is 3.70. The van der Waals surface area contributed by atoms with Crippen LogP contribution in [0.5, 0.6) is 0 Å². The summed E-state index contributed by atoms with van der Waals surface area (Å²) in [6.07, 6.45) is 7.11. The second-order valence-electron chi connectivity index (χ2n) is 19.4. The fourth-order valence-electron chi connectivity index (χ4n) is 13.6. The van der Waals surface area contributed by atoms with Crippen molar-refractivity contribution in [2.24, 2.45) is 23.7 Å². The third kappa shape index (κ3) is 4.87. The summed E-state index contributed by atoms with van der Waals surface area (Å²) in [5.74, 6) is 3.41. The van der Waals surface area contributed by atoms with Crippen molar-refractivity contribution >= 4 is 27.8 Å². The first-order valence-corrected chi connectivity index (χ1v) is 22.4. The molecule has 60 heavy (non-hydrogen) atoms. The summed E-state index contributed by atoms with van der Waals surface area (Å²) in [5.41, 5.74) is 20.4. The minimum atomic E-state index is -0.0841. The van der Waals surface area contributed by atoms with Crippen LogP contribution >= 0.6 is 0 Å². The molecule has 0 N–H and O–H groups in total. The molecule has 1 spiro atoms. The van der Waals surface area contributed by atoms with Crippen LogP contribution in [0.3, 0.4) is 0 Å². The zero-order chi connectivity index (χ0) is 39.7. The highest BCUT2D eigenvalue weighted by Crippen LogP contribution is 2.69. The lowest BCUT2D eigenvalue weighted by molar-refractivity contribution is -0.0399. The van der Waals surface area contributed by atoms with Gasteiger partial charge in [-0.05, 0) is 182 Å². The maximum absolute atomic E-state index is 2.62. The second kappa shape index (κ2) is 12.7. The fourth-order valence-corrected chi connectivity index (χ4v) is 13.6. The van der Waals surface area contributed by atoms with E-state index in [0.29, 0.717) is 0 Å². The quantitative estimate of drug-likeness (QED) is 0.168. The molecule has 8 aromatic rings. The monoisotopic (exact) mass is 771 g/mol. The predicted molar refractivity (Wildman–Crippen MR) is 250 cm³/mol. The molecule has 4 bridgehead atoms. The number of anilines is 3. The molecule has 0 unspecified atom stereocenters. The van der Waals surface area contributed by atoms with Gasteiger partial charge in [0.1, 0.15) is 0 Å². The van der Waals surface area contributed by atoms with E-state index in [9.17, 15) is 0 Å². The molecule has 0 radical (unpaired) electrons. The standard InChI is InChI=1S/C59H49N/c1-58(2)54-13-7-5-11-50(54)52-28-26-49(36-56(52)58)60(47-22-17-40(18-23-47)43-16-15-39-9-3-4-10-42(39)34-43)48-24-19-41(20-25-48)44-21-27-53-51-12-6-8-14-55(51)59(57(53)35-44)45-30-37-29-38(32-45)33-46(59)31-37/h3-28,34-38,45-46H,29-33H2,1-2H3. The first-order valence-electron chi connectivity index (χ1n) is 22.4. The molecule has 1 heteroatoms. The molecule has 0 saturated heterocycles. The third-order valence-electron chi connectivity index (χ3n) is 16.0. The van der Waals surface area contributed by atoms with Gasteiger partial charge >= 0.3 is 0 Å². The summed E-state index contributed by atoms with van der Waals surface area (Å²) in [7, 11) is 0. The number of rotatable bonds is 5. The van der Waals surface area contributed by atoms with Crippen LogP contribution < -0.4 is 4.90 Å². The van der Waals surface area contributed by atoms with Crippen molar-refractivity contribution in [2.45, 2.75) is 56.8 Å². The van der Waals surface area contributed by atoms with Gasteiger partial charge in [0.05, 0.1) is 0 Å². The summed E-state index contributed by atoms with van der Waals surface area (Å²) in [6.45, 7) is 4.75. The van der Waals surface area contributed by atoms with E-state index < -0.39 is 0 Å². The molecule has 0 heterocycles. The predicted octanol–water partition coefficient (Wildman–Crippen LogP) is 15.7. The Hall–Kier alpha value is -6.18. The lowest BCUT2D eigenvalue weighted by Gasteiger charge is -2.61. The lowest BCUT2D eigenvalue weighted by atomic mass is 9.43. The molecule has 6 aliphatic rings. The van der Waals surface area contributed by atoms with Crippen LogP contribution in [0.25, 0.3) is 55.3 Å². The summed E-state index contributed by atoms with van der Waals surface area (Å²) < 4.78 is 0. The maximum atomic E-state index is 2.62. The molecule has 4 saturated carbocycles. The molecule has 8 aromatic carbocycles. The number of benzene rings is 8. The molecule has 0 atom stereocenters. The van der Waals surface area contributed by atoms with E-state index in [1.54, 1.807) is 11.1 Å². The van der Waals surface area contributed by atoms with Crippen LogP contribution in [0.1, 0.15) is 68.2 Å². The molecule has 14 rings (SSSR count). The normalized spacial score (nSPS) is 23.4. The van der Waals surface area contributed by atoms with Gasteiger partial charge < -0.3 is 4.90 Å². The Morgan fingerprint density at radius 3 is 1.53 bits per heavy atom. The van der Waals surface area contributed by atoms with Crippen molar-refractivity contribution in [2.75, 3.05) is 4.90 Å². The van der Waals surface area contributed by atoms with E-state index in [1.165, 1.54) is 104 Å². The van der Waals surface area contributed by atoms with Gasteiger partial charge in [-0.1, -0.05) is 141 Å². The Labute approximate surface area is 354 Å². The SMILES string of the molecule is CC1(C)c2ccccc2-c2ccc(N(c3ccc(-c4ccc5c(c4)C4(c6ccccc6-5)C5CC6CC(C5)CC4C6)cc3)c3ccc(-c4ccc5ccccc5c4)cc3)cc21. The van der Waals surface area contributed by atoms with Crippen molar-refractivity contribution in [1.82, 2.24) is 0 Å². The number of hydrogen-bond donors (Lipinski definition) is 0. The summed E-state index contributed by atoms with van der Waals surface area (Å²) in [6, 6.07) is 67.0. The Morgan fingerprint density at radius 1 is 0.367 bits per heavy atom. The van der Waals surface area contributed by atoms with E-state index in [2.05, 4.69) is 195 Å². The van der Waals surface area contributed by atoms with E-state index in [4.69, 9.17) is 0 Å². The summed E-state index contributed by atoms with van der Waals surface area (Å²) in [4.78, 5) is 2.45. The summed E-state index contributed by atoms with van der Waals surface area (Å²) in [5, 5.41) is 2.54. The van der Waals surface area contributed by atoms with Crippen LogP contribution in [0.15, 0.2) is 176 Å². The number of fused-ring (bicyclic) bond motifs is 7. The smallest absolute Gasteiger partial charge is 0.0465 e. The third-order valence-corrected chi connectivity index (χ3v) is 16.0. The Morgan fingerprint density at radius 2 is 0.850 bits per heavy atom. The molecule has 0 aliphatic heterocycles. The molecule has 1 nitrogen and oxygen atoms in total. The van der Waals surface area contributed by atoms with Crippen LogP contribution in [0.2, 0.25) is 0 Å². The Bertz CT molecular complexity index is 2990. The van der Waals surface area contributed by atoms with Gasteiger partial charge in [-0.15, -0.1) is 0 Å². The zero-order valence-electron chi connectivity index (χ0n) is 34.5. The highest BCUT2D eigenvalue weighted by Gasteiger charge is 2.61. The second-order valence-corrected chi connectivity index (χ2v) is 19.4. The number of nitrogens with zero attached hydrogens (tertiary/aromatic N) is 1. The van der Waals surface area contributed by atoms with Crippen LogP contribution in [-0.4, -0.2) is 0 Å². The van der Waals surface area contributed by atoms with Crippen molar-refractivity contribution in [1.29, 1.82) is 0 Å². The molecule has 0 amide bonds. The van der Waals surface area contributed by atoms with Crippen molar-refractivity contribution in [3.05, 3.63) is 198 Å². The highest BCUT2D eigenvalue weighted by atomic mass is 15.1. The van der Waals surface area contributed by atoms with Crippen LogP contribution in [0, 0.1) is 23.7 Å². The zero-order valence-corrected chi connectivity index (χ0v) is 34.5. The Balaban J connectivity index is 0.902. The minimum Gasteiger partial charge on any atom is -0.310 e. The van der Waals surface area contributed by atoms with Crippen LogP contribution in [0.4, 0.5) is 17.1 Å². The van der Waals surface area contributed by atoms with Gasteiger partial charge in [0.15, 0.2) is 0 Å². The van der Waals surface area contributed by atoms with E-state index in [0.717, 1.165) is 35.0 Å². The average molecular weight is 772 g/mol. The van der Waals surface area contributed by atoms with Crippen LogP contribution in [-0.2, 0) is 10.8 Å². The van der Waals surface area contributed by atoms with Gasteiger partial charge in [0.2, 0.25) is 0 Å². The van der Waals surface area contributed by atoms with E-state index in [-0.39, 0.29) is 10.8 Å². The topological polar surface area (TPSA) is 3.24 Å². The molecule has 4 fully saturated rings. The fraction of sp³-hybridized carbons (Fsp3) is 0.220.